The van der Waals surface area contributed by atoms with Crippen LogP contribution in [0.3, 0.4) is 0 Å². The fraction of sp³-hybridized carbons (Fsp3) is 0.333. The van der Waals surface area contributed by atoms with Crippen LogP contribution >= 0.6 is 23.7 Å². The molecule has 0 radical (unpaired) electrons. The average Bonchev–Trinajstić information content (AvgIpc) is 3.25. The fourth-order valence-corrected chi connectivity index (χ4v) is 3.84. The Labute approximate surface area is 161 Å². The number of anilines is 1. The van der Waals surface area contributed by atoms with E-state index in [2.05, 4.69) is 10.3 Å². The normalized spacial score (nSPS) is 16.2. The molecule has 3 N–H and O–H groups in total. The summed E-state index contributed by atoms with van der Waals surface area (Å²) in [5, 5.41) is 5.01. The number of carbonyl (C=O) groups is 1. The van der Waals surface area contributed by atoms with Crippen LogP contribution in [0.25, 0.3) is 16.2 Å². The number of halogens is 1. The van der Waals surface area contributed by atoms with E-state index in [9.17, 15) is 4.79 Å². The first-order valence-electron chi connectivity index (χ1n) is 8.32. The molecule has 0 bridgehead atoms. The molecule has 6 nitrogen and oxygen atoms in total. The smallest absolute Gasteiger partial charge is 0.232 e. The molecule has 4 rings (SSSR count). The summed E-state index contributed by atoms with van der Waals surface area (Å²) in [5.74, 6) is -0.0199. The number of nitrogens with one attached hydrogen (secondary N) is 1. The van der Waals surface area contributed by atoms with Crippen LogP contribution in [0.15, 0.2) is 42.0 Å². The number of hydrogen-bond donors (Lipinski definition) is 2. The average molecular weight is 393 g/mol. The van der Waals surface area contributed by atoms with Crippen molar-refractivity contribution < 1.29 is 9.53 Å². The van der Waals surface area contributed by atoms with Gasteiger partial charge in [0.15, 0.2) is 4.96 Å². The number of thiazole rings is 1. The van der Waals surface area contributed by atoms with Gasteiger partial charge in [0.25, 0.3) is 0 Å². The van der Waals surface area contributed by atoms with Crippen LogP contribution in [0.4, 0.5) is 5.69 Å². The largest absolute Gasteiger partial charge is 0.381 e. The summed E-state index contributed by atoms with van der Waals surface area (Å²) in [7, 11) is 0. The zero-order valence-electron chi connectivity index (χ0n) is 14.2. The van der Waals surface area contributed by atoms with Crippen LogP contribution in [0.1, 0.15) is 12.8 Å². The van der Waals surface area contributed by atoms with Gasteiger partial charge in [-0.15, -0.1) is 23.7 Å². The Kier molecular flexibility index (Phi) is 5.62. The number of aromatic nitrogens is 2. The number of nitrogens with two attached hydrogens (primary N) is 1. The number of carbonyl (C=O) groups excluding carboxylic acids is 1. The molecule has 0 saturated carbocycles. The molecule has 0 spiro atoms. The Balaban J connectivity index is 0.00000196. The highest BCUT2D eigenvalue weighted by Gasteiger charge is 2.38. The number of amides is 1. The number of hydrogen-bond acceptors (Lipinski definition) is 5. The van der Waals surface area contributed by atoms with Crippen LogP contribution in [0.2, 0.25) is 0 Å². The SMILES string of the molecule is Cl.NCC1(C(=O)Nc2ccc(-c3cn4ccsc4n3)cc2)CCOCC1. The third-order valence-corrected chi connectivity index (χ3v) is 5.62. The summed E-state index contributed by atoms with van der Waals surface area (Å²) < 4.78 is 7.37. The highest BCUT2D eigenvalue weighted by Crippen LogP contribution is 2.31. The molecule has 1 aliphatic rings. The van der Waals surface area contributed by atoms with E-state index in [4.69, 9.17) is 10.5 Å². The lowest BCUT2D eigenvalue weighted by Crippen LogP contribution is -2.46. The zero-order valence-corrected chi connectivity index (χ0v) is 15.8. The Morgan fingerprint density at radius 3 is 2.69 bits per heavy atom. The number of benzene rings is 1. The second-order valence-corrected chi connectivity index (χ2v) is 7.22. The van der Waals surface area contributed by atoms with Gasteiger partial charge in [0, 0.05) is 48.8 Å². The lowest BCUT2D eigenvalue weighted by molar-refractivity contribution is -0.130. The Morgan fingerprint density at radius 1 is 1.31 bits per heavy atom. The van der Waals surface area contributed by atoms with E-state index in [-0.39, 0.29) is 18.3 Å². The molecule has 26 heavy (non-hydrogen) atoms. The molecule has 0 aliphatic carbocycles. The molecule has 8 heteroatoms. The molecule has 0 unspecified atom stereocenters. The maximum Gasteiger partial charge on any atom is 0.232 e. The summed E-state index contributed by atoms with van der Waals surface area (Å²) in [6.45, 7) is 1.51. The minimum Gasteiger partial charge on any atom is -0.381 e. The predicted octanol–water partition coefficient (Wildman–Crippen LogP) is 3.18. The lowest BCUT2D eigenvalue weighted by atomic mass is 9.79. The first kappa shape index (κ1) is 18.8. The quantitative estimate of drug-likeness (QED) is 0.714. The molecule has 138 valence electrons. The van der Waals surface area contributed by atoms with Gasteiger partial charge in [0.05, 0.1) is 11.1 Å². The molecule has 1 saturated heterocycles. The van der Waals surface area contributed by atoms with Gasteiger partial charge in [-0.3, -0.25) is 9.20 Å². The topological polar surface area (TPSA) is 81.7 Å². The number of nitrogens with zero attached hydrogens (tertiary/aromatic N) is 2. The fourth-order valence-electron chi connectivity index (χ4n) is 3.14. The summed E-state index contributed by atoms with van der Waals surface area (Å²) in [5.41, 5.74) is 8.09. The highest BCUT2D eigenvalue weighted by molar-refractivity contribution is 7.15. The molecule has 3 aromatic rings. The minimum atomic E-state index is -0.523. The minimum absolute atomic E-state index is 0. The van der Waals surface area contributed by atoms with Gasteiger partial charge in [0.1, 0.15) is 0 Å². The second-order valence-electron chi connectivity index (χ2n) is 6.35. The van der Waals surface area contributed by atoms with Crippen LogP contribution in [0.5, 0.6) is 0 Å². The third kappa shape index (κ3) is 3.48. The zero-order chi connectivity index (χ0) is 17.3. The van der Waals surface area contributed by atoms with Crippen molar-refractivity contribution >= 4 is 40.3 Å². The van der Waals surface area contributed by atoms with Crippen molar-refractivity contribution in [1.29, 1.82) is 0 Å². The van der Waals surface area contributed by atoms with Gasteiger partial charge in [-0.05, 0) is 25.0 Å². The summed E-state index contributed by atoms with van der Waals surface area (Å²) in [6.07, 6.45) is 5.33. The maximum atomic E-state index is 12.7. The predicted molar refractivity (Wildman–Crippen MR) is 106 cm³/mol. The van der Waals surface area contributed by atoms with Gasteiger partial charge < -0.3 is 15.8 Å². The van der Waals surface area contributed by atoms with Crippen molar-refractivity contribution in [2.75, 3.05) is 25.1 Å². The monoisotopic (exact) mass is 392 g/mol. The summed E-state index contributed by atoms with van der Waals surface area (Å²) in [6, 6.07) is 7.76. The van der Waals surface area contributed by atoms with Crippen LogP contribution in [-0.4, -0.2) is 35.1 Å². The molecular weight excluding hydrogens is 372 g/mol. The van der Waals surface area contributed by atoms with E-state index in [1.807, 2.05) is 46.4 Å². The lowest BCUT2D eigenvalue weighted by Gasteiger charge is -2.34. The van der Waals surface area contributed by atoms with Crippen LogP contribution in [-0.2, 0) is 9.53 Å². The molecule has 2 aromatic heterocycles. The second kappa shape index (κ2) is 7.75. The van der Waals surface area contributed by atoms with Gasteiger partial charge >= 0.3 is 0 Å². The summed E-state index contributed by atoms with van der Waals surface area (Å²) >= 11 is 1.60. The van der Waals surface area contributed by atoms with E-state index in [0.717, 1.165) is 21.9 Å². The highest BCUT2D eigenvalue weighted by atomic mass is 35.5. The van der Waals surface area contributed by atoms with Crippen molar-refractivity contribution in [2.24, 2.45) is 11.1 Å². The third-order valence-electron chi connectivity index (χ3n) is 4.85. The van der Waals surface area contributed by atoms with Gasteiger partial charge in [-0.2, -0.15) is 0 Å². The van der Waals surface area contributed by atoms with Crippen molar-refractivity contribution in [3.63, 3.8) is 0 Å². The molecule has 0 atom stereocenters. The first-order chi connectivity index (χ1) is 12.2. The van der Waals surface area contributed by atoms with E-state index >= 15 is 0 Å². The van der Waals surface area contributed by atoms with Crippen molar-refractivity contribution in [3.8, 4) is 11.3 Å². The van der Waals surface area contributed by atoms with Crippen LogP contribution < -0.4 is 11.1 Å². The Hall–Kier alpha value is -1.93. The van der Waals surface area contributed by atoms with Crippen LogP contribution in [0, 0.1) is 5.41 Å². The van der Waals surface area contributed by atoms with Gasteiger partial charge in [-0.1, -0.05) is 12.1 Å². The van der Waals surface area contributed by atoms with Crippen molar-refractivity contribution in [3.05, 3.63) is 42.0 Å². The van der Waals surface area contributed by atoms with Gasteiger partial charge in [0.2, 0.25) is 5.91 Å². The molecule has 3 heterocycles. The maximum absolute atomic E-state index is 12.7. The molecular formula is C18H21ClN4O2S. The van der Waals surface area contributed by atoms with E-state index in [1.165, 1.54) is 0 Å². The van der Waals surface area contributed by atoms with Crippen molar-refractivity contribution in [2.45, 2.75) is 12.8 Å². The van der Waals surface area contributed by atoms with Gasteiger partial charge in [-0.25, -0.2) is 4.98 Å². The standard InChI is InChI=1S/C18H20N4O2S.ClH/c19-12-18(5-8-24-9-6-18)16(23)20-14-3-1-13(2-4-14)15-11-22-7-10-25-17(22)21-15;/h1-4,7,10-11H,5-6,8-9,12,19H2,(H,20,23);1H. The number of fused-ring (bicyclic) bond motifs is 1. The Morgan fingerprint density at radius 2 is 2.04 bits per heavy atom. The summed E-state index contributed by atoms with van der Waals surface area (Å²) in [4.78, 5) is 18.3. The number of imidazole rings is 1. The van der Waals surface area contributed by atoms with Crippen molar-refractivity contribution in [1.82, 2.24) is 9.38 Å². The first-order valence-corrected chi connectivity index (χ1v) is 9.20. The van der Waals surface area contributed by atoms with E-state index in [0.29, 0.717) is 32.6 Å². The molecule has 1 fully saturated rings. The Bertz CT molecular complexity index is 856. The number of ether oxygens (including phenoxy) is 1. The number of rotatable bonds is 4. The molecule has 1 aromatic carbocycles. The molecule has 1 amide bonds. The van der Waals surface area contributed by atoms with E-state index in [1.54, 1.807) is 11.3 Å². The molecule has 1 aliphatic heterocycles. The van der Waals surface area contributed by atoms with E-state index < -0.39 is 5.41 Å².